The average Bonchev–Trinajstić information content (AvgIpc) is 1.95. The number of aliphatic hydroxyl groups is 1. The zero-order valence-electron chi connectivity index (χ0n) is 11.8. The van der Waals surface area contributed by atoms with E-state index in [2.05, 4.69) is 0 Å². The van der Waals surface area contributed by atoms with Crippen LogP contribution in [0, 0.1) is 0 Å². The van der Waals surface area contributed by atoms with Crippen LogP contribution in [0.1, 0.15) is 12.8 Å². The van der Waals surface area contributed by atoms with Crippen LogP contribution in [0.3, 0.4) is 0 Å². The summed E-state index contributed by atoms with van der Waals surface area (Å²) in [7, 11) is -5.39. The monoisotopic (exact) mass is 442 g/mol. The van der Waals surface area contributed by atoms with Crippen molar-refractivity contribution in [1.82, 2.24) is 0 Å². The van der Waals surface area contributed by atoms with Crippen molar-refractivity contribution in [3.8, 4) is 0 Å². The van der Waals surface area contributed by atoms with E-state index >= 15 is 0 Å². The van der Waals surface area contributed by atoms with Crippen molar-refractivity contribution < 1.29 is 157 Å². The van der Waals surface area contributed by atoms with E-state index in [1.54, 1.807) is 0 Å². The van der Waals surface area contributed by atoms with Crippen LogP contribution in [-0.2, 0) is 18.9 Å². The zero-order valence-corrected chi connectivity index (χ0v) is 23.4. The maximum absolute atomic E-state index is 10.1. The largest absolute Gasteiger partial charge is 2.00 e. The quantitative estimate of drug-likeness (QED) is 0.310. The zero-order chi connectivity index (χ0) is 15.1. The summed E-state index contributed by atoms with van der Waals surface area (Å²) in [6.07, 6.45) is -2.72. The Bertz CT molecular complexity index is 363. The van der Waals surface area contributed by atoms with Crippen molar-refractivity contribution in [3.05, 3.63) is 0 Å². The molecule has 0 aromatic rings. The van der Waals surface area contributed by atoms with Crippen LogP contribution < -0.4 is 133 Å². The molecule has 0 saturated carbocycles. The normalized spacial score (nSPS) is 9.09. The molecule has 0 aromatic carbocycles. The van der Waals surface area contributed by atoms with Gasteiger partial charge in [-0.15, -0.1) is 0 Å². The van der Waals surface area contributed by atoms with Crippen LogP contribution in [0.2, 0.25) is 0 Å². The van der Waals surface area contributed by atoms with Gasteiger partial charge in [-0.1, -0.05) is 0 Å². The van der Waals surface area contributed by atoms with E-state index in [0.717, 1.165) is 0 Å². The van der Waals surface area contributed by atoms with Crippen molar-refractivity contribution in [3.63, 3.8) is 0 Å². The minimum atomic E-state index is -5.39. The molecule has 0 aliphatic heterocycles. The predicted octanol–water partition coefficient (Wildman–Crippen LogP) is -14.8. The van der Waals surface area contributed by atoms with Gasteiger partial charge in [0.1, 0.15) is 5.60 Å². The fourth-order valence-electron chi connectivity index (χ4n) is 0.684. The molecule has 0 bridgehead atoms. The Morgan fingerprint density at radius 2 is 1.05 bits per heavy atom. The standard InChI is InChI=1S/C6H8O7.2Ca.2K.H3O4P/c7-3(8)1-6(13,5(11)12)2-4(9)10;;;;;1-5(2,3)4/h13H,1-2H2,(H,7,8)(H,9,10)(H,11,12);;;;;(H3,1,2,3,4)/q;2*+2;2*+1;/p-6. The average molecular weight is 442 g/mol. The first kappa shape index (κ1) is 40.8. The molecular weight excluding hydrogens is 437 g/mol. The number of hydrogen-bond donors (Lipinski definition) is 1. The number of carbonyl (C=O) groups excluding carboxylic acids is 3. The Kier molecular flexibility index (Phi) is 37.2. The van der Waals surface area contributed by atoms with E-state index in [1.807, 2.05) is 0 Å². The van der Waals surface area contributed by atoms with E-state index < -0.39 is 44.2 Å². The first-order chi connectivity index (χ1) is 7.78. The predicted molar refractivity (Wildman–Crippen MR) is 48.3 cm³/mol. The number of carbonyl (C=O) groups is 3. The molecule has 0 fully saturated rings. The molecule has 0 heterocycles. The van der Waals surface area contributed by atoms with Crippen molar-refractivity contribution >= 4 is 101 Å². The summed E-state index contributed by atoms with van der Waals surface area (Å²) in [6, 6.07) is 0. The third kappa shape index (κ3) is 32.0. The molecule has 0 unspecified atom stereocenters. The summed E-state index contributed by atoms with van der Waals surface area (Å²) in [6.45, 7) is 0. The van der Waals surface area contributed by atoms with Gasteiger partial charge in [0, 0.05) is 24.8 Å². The summed E-state index contributed by atoms with van der Waals surface area (Å²) >= 11 is 0. The van der Waals surface area contributed by atoms with Crippen LogP contribution >= 0.6 is 7.82 Å². The molecule has 0 aliphatic rings. The van der Waals surface area contributed by atoms with Gasteiger partial charge in [-0.05, 0) is 0 Å². The minimum absolute atomic E-state index is 0. The van der Waals surface area contributed by atoms with Gasteiger partial charge in [0.05, 0.1) is 5.97 Å². The van der Waals surface area contributed by atoms with Crippen LogP contribution in [0.4, 0.5) is 0 Å². The molecule has 16 heteroatoms. The first-order valence-electron chi connectivity index (χ1n) is 3.84. The minimum Gasteiger partial charge on any atom is -0.822 e. The molecule has 0 aliphatic carbocycles. The fraction of sp³-hybridized carbons (Fsp3) is 0.500. The van der Waals surface area contributed by atoms with E-state index in [0.29, 0.717) is 0 Å². The number of aliphatic carboxylic acids is 3. The van der Waals surface area contributed by atoms with Crippen molar-refractivity contribution in [2.45, 2.75) is 18.4 Å². The van der Waals surface area contributed by atoms with Gasteiger partial charge in [0.2, 0.25) is 0 Å². The topological polar surface area (TPSA) is 227 Å². The summed E-state index contributed by atoms with van der Waals surface area (Å²) in [5.74, 6) is -5.98. The first-order valence-corrected chi connectivity index (χ1v) is 5.30. The number of carboxylic acid groups (broad SMARTS) is 3. The van der Waals surface area contributed by atoms with Crippen LogP contribution in [-0.4, -0.2) is 104 Å². The summed E-state index contributed by atoms with van der Waals surface area (Å²) in [5, 5.41) is 38.9. The SMILES string of the molecule is O=C([O-])CC(O)(CC(=O)[O-])C(=O)[O-].O=P([O-])([O-])[O-].[Ca+2].[Ca+2].[K+].[K+]. The summed E-state index contributed by atoms with van der Waals surface area (Å²) in [5.41, 5.74) is -2.97. The number of hydrogen-bond acceptors (Lipinski definition) is 11. The van der Waals surface area contributed by atoms with Gasteiger partial charge in [0.25, 0.3) is 0 Å². The Morgan fingerprint density at radius 3 is 1.14 bits per heavy atom. The van der Waals surface area contributed by atoms with Crippen molar-refractivity contribution in [1.29, 1.82) is 0 Å². The Morgan fingerprint density at radius 1 is 0.864 bits per heavy atom. The molecule has 22 heavy (non-hydrogen) atoms. The number of carboxylic acids is 3. The third-order valence-electron chi connectivity index (χ3n) is 1.25. The molecule has 0 radical (unpaired) electrons. The number of rotatable bonds is 5. The molecule has 1 N–H and O–H groups in total. The summed E-state index contributed by atoms with van der Waals surface area (Å²) in [4.78, 5) is 55.6. The van der Waals surface area contributed by atoms with Gasteiger partial charge in [-0.2, -0.15) is 7.82 Å². The second-order valence-corrected chi connectivity index (χ2v) is 3.76. The Labute approximate surface area is 269 Å². The maximum atomic E-state index is 10.1. The van der Waals surface area contributed by atoms with Gasteiger partial charge in [-0.25, -0.2) is 0 Å². The van der Waals surface area contributed by atoms with Gasteiger partial charge >= 0.3 is 178 Å². The fourth-order valence-corrected chi connectivity index (χ4v) is 0.684. The van der Waals surface area contributed by atoms with E-state index in [9.17, 15) is 29.7 Å². The molecule has 0 rings (SSSR count). The molecular formula is C6H5Ca2K2O11P. The van der Waals surface area contributed by atoms with E-state index in [4.69, 9.17) is 24.4 Å². The number of phosphoric acid groups is 1. The van der Waals surface area contributed by atoms with Crippen molar-refractivity contribution in [2.24, 2.45) is 0 Å². The second kappa shape index (κ2) is 20.0. The molecule has 0 spiro atoms. The molecule has 11 nitrogen and oxygen atoms in total. The summed E-state index contributed by atoms with van der Waals surface area (Å²) < 4.78 is 8.55. The molecule has 0 amide bonds. The maximum Gasteiger partial charge on any atom is 2.00 e. The van der Waals surface area contributed by atoms with Gasteiger partial charge in [0.15, 0.2) is 0 Å². The Hall–Kier alpha value is 4.27. The van der Waals surface area contributed by atoms with Crippen molar-refractivity contribution in [2.75, 3.05) is 0 Å². The molecule has 0 saturated heterocycles. The Balaban J connectivity index is -0.0000000627. The molecule has 106 valence electrons. The van der Waals surface area contributed by atoms with Gasteiger partial charge in [-0.3, -0.25) is 0 Å². The second-order valence-electron chi connectivity index (χ2n) is 2.86. The van der Waals surface area contributed by atoms with Crippen LogP contribution in [0.25, 0.3) is 0 Å². The smallest absolute Gasteiger partial charge is 0.822 e. The third-order valence-corrected chi connectivity index (χ3v) is 1.25. The van der Waals surface area contributed by atoms with Crippen LogP contribution in [0.15, 0.2) is 0 Å². The van der Waals surface area contributed by atoms with E-state index in [1.165, 1.54) is 0 Å². The molecule has 0 aromatic heterocycles. The van der Waals surface area contributed by atoms with Crippen LogP contribution in [0.5, 0.6) is 0 Å². The van der Waals surface area contributed by atoms with E-state index in [-0.39, 0.29) is 178 Å². The molecule has 0 atom stereocenters. The van der Waals surface area contributed by atoms with Gasteiger partial charge < -0.3 is 54.1 Å².